The van der Waals surface area contributed by atoms with E-state index in [9.17, 15) is 0 Å². The number of hydrogen-bond donors (Lipinski definition) is 0. The van der Waals surface area contributed by atoms with Gasteiger partial charge in [-0.25, -0.2) is 0 Å². The third-order valence-electron chi connectivity index (χ3n) is 3.54. The Morgan fingerprint density at radius 3 is 2.26 bits per heavy atom. The molecule has 0 aliphatic carbocycles. The fourth-order valence-corrected chi connectivity index (χ4v) is 2.16. The van der Waals surface area contributed by atoms with Crippen molar-refractivity contribution in [3.63, 3.8) is 0 Å². The molecule has 0 radical (unpaired) electrons. The Balaban J connectivity index is 4.65. The molecule has 0 spiro atoms. The van der Waals surface area contributed by atoms with Crippen molar-refractivity contribution in [2.24, 2.45) is 0 Å². The molecule has 0 aromatic rings. The second-order valence-electron chi connectivity index (χ2n) is 6.35. The van der Waals surface area contributed by atoms with Crippen molar-refractivity contribution in [1.82, 2.24) is 0 Å². The summed E-state index contributed by atoms with van der Waals surface area (Å²) in [6, 6.07) is 0. The molecule has 19 heavy (non-hydrogen) atoms. The summed E-state index contributed by atoms with van der Waals surface area (Å²) in [7, 11) is -1.81. The van der Waals surface area contributed by atoms with Crippen molar-refractivity contribution in [2.75, 3.05) is 6.61 Å². The lowest BCUT2D eigenvalue weighted by Crippen LogP contribution is -2.40. The molecule has 2 nitrogen and oxygen atoms in total. The lowest BCUT2D eigenvalue weighted by Gasteiger charge is -2.36. The first kappa shape index (κ1) is 18.3. The van der Waals surface area contributed by atoms with E-state index in [1.54, 1.807) is 0 Å². The molecular formula is C16H32O2Si. The van der Waals surface area contributed by atoms with Crippen LogP contribution in [-0.4, -0.2) is 14.9 Å². The molecule has 0 saturated heterocycles. The minimum absolute atomic E-state index is 0.190. The number of hydrogen-bond acceptors (Lipinski definition) is 2. The van der Waals surface area contributed by atoms with Crippen LogP contribution in [-0.2, 0) is 9.16 Å². The third kappa shape index (κ3) is 7.46. The fourth-order valence-electron chi connectivity index (χ4n) is 1.22. The van der Waals surface area contributed by atoms with Crippen molar-refractivity contribution in [3.05, 3.63) is 24.2 Å². The maximum absolute atomic E-state index is 6.18. The highest BCUT2D eigenvalue weighted by atomic mass is 28.4. The van der Waals surface area contributed by atoms with Crippen LogP contribution in [0.2, 0.25) is 18.1 Å². The van der Waals surface area contributed by atoms with E-state index < -0.39 is 8.32 Å². The molecule has 0 aliphatic heterocycles. The highest BCUT2D eigenvalue weighted by Gasteiger charge is 2.39. The molecule has 0 N–H and O–H groups in total. The van der Waals surface area contributed by atoms with Gasteiger partial charge < -0.3 is 9.16 Å². The first-order valence-electron chi connectivity index (χ1n) is 7.43. The van der Waals surface area contributed by atoms with E-state index in [1.807, 2.05) is 19.1 Å². The Kier molecular flexibility index (Phi) is 8.15. The SMILES string of the molecule is CCCC/C=C/C=C(\OCC)O[Si](C)(C)C(C)(C)C. The van der Waals surface area contributed by atoms with Crippen LogP contribution in [0, 0.1) is 0 Å². The minimum atomic E-state index is -1.81. The van der Waals surface area contributed by atoms with Crippen LogP contribution in [0.1, 0.15) is 53.9 Å². The molecule has 0 heterocycles. The van der Waals surface area contributed by atoms with Crippen molar-refractivity contribution in [3.8, 4) is 0 Å². The van der Waals surface area contributed by atoms with E-state index in [4.69, 9.17) is 9.16 Å². The van der Waals surface area contributed by atoms with Gasteiger partial charge >= 0.3 is 0 Å². The Bertz CT molecular complexity index is 298. The zero-order chi connectivity index (χ0) is 14.9. The zero-order valence-electron chi connectivity index (χ0n) is 13.9. The van der Waals surface area contributed by atoms with Crippen LogP contribution in [0.25, 0.3) is 0 Å². The number of unbranched alkanes of at least 4 members (excludes halogenated alkanes) is 2. The normalized spacial score (nSPS) is 13.9. The smallest absolute Gasteiger partial charge is 0.265 e. The Morgan fingerprint density at radius 1 is 1.16 bits per heavy atom. The second-order valence-corrected chi connectivity index (χ2v) is 11.1. The van der Waals surface area contributed by atoms with Crippen LogP contribution < -0.4 is 0 Å². The molecular weight excluding hydrogens is 252 g/mol. The molecule has 0 rings (SSSR count). The molecule has 0 aromatic heterocycles. The summed E-state index contributed by atoms with van der Waals surface area (Å²) in [5.41, 5.74) is 0. The van der Waals surface area contributed by atoms with Crippen molar-refractivity contribution in [1.29, 1.82) is 0 Å². The number of rotatable bonds is 8. The molecule has 0 unspecified atom stereocenters. The average molecular weight is 285 g/mol. The quantitative estimate of drug-likeness (QED) is 0.249. The Hall–Kier alpha value is -0.703. The molecule has 0 amide bonds. The molecule has 0 aromatic carbocycles. The maximum atomic E-state index is 6.18. The topological polar surface area (TPSA) is 18.5 Å². The van der Waals surface area contributed by atoms with Gasteiger partial charge in [0, 0.05) is 6.08 Å². The van der Waals surface area contributed by atoms with E-state index in [-0.39, 0.29) is 5.04 Å². The average Bonchev–Trinajstić information content (AvgIpc) is 2.27. The lowest BCUT2D eigenvalue weighted by atomic mass is 10.2. The highest BCUT2D eigenvalue weighted by Crippen LogP contribution is 2.37. The lowest BCUT2D eigenvalue weighted by molar-refractivity contribution is 0.107. The van der Waals surface area contributed by atoms with Gasteiger partial charge in [0.15, 0.2) is 0 Å². The summed E-state index contributed by atoms with van der Waals surface area (Å²) < 4.78 is 11.8. The van der Waals surface area contributed by atoms with Gasteiger partial charge in [-0.2, -0.15) is 0 Å². The van der Waals surface area contributed by atoms with Crippen LogP contribution in [0.5, 0.6) is 0 Å². The zero-order valence-corrected chi connectivity index (χ0v) is 14.9. The summed E-state index contributed by atoms with van der Waals surface area (Å²) in [5.74, 6) is 0.668. The van der Waals surface area contributed by atoms with Gasteiger partial charge in [0.2, 0.25) is 0 Å². The van der Waals surface area contributed by atoms with Gasteiger partial charge in [0.1, 0.15) is 0 Å². The molecule has 0 atom stereocenters. The first-order chi connectivity index (χ1) is 8.74. The minimum Gasteiger partial charge on any atom is -0.519 e. The van der Waals surface area contributed by atoms with Crippen LogP contribution >= 0.6 is 0 Å². The Morgan fingerprint density at radius 2 is 1.79 bits per heavy atom. The van der Waals surface area contributed by atoms with E-state index in [2.05, 4.69) is 46.9 Å². The summed E-state index contributed by atoms with van der Waals surface area (Å²) in [5, 5.41) is 0.190. The highest BCUT2D eigenvalue weighted by molar-refractivity contribution is 6.74. The monoisotopic (exact) mass is 284 g/mol. The van der Waals surface area contributed by atoms with E-state index in [0.717, 1.165) is 6.42 Å². The van der Waals surface area contributed by atoms with Crippen LogP contribution in [0.3, 0.4) is 0 Å². The predicted molar refractivity (Wildman–Crippen MR) is 86.7 cm³/mol. The van der Waals surface area contributed by atoms with Gasteiger partial charge in [-0.3, -0.25) is 0 Å². The number of allylic oxidation sites excluding steroid dienone is 3. The summed E-state index contributed by atoms with van der Waals surface area (Å²) in [6.45, 7) is 16.0. The van der Waals surface area contributed by atoms with Crippen LogP contribution in [0.15, 0.2) is 24.2 Å². The van der Waals surface area contributed by atoms with Gasteiger partial charge in [0.25, 0.3) is 14.3 Å². The number of ether oxygens (including phenoxy) is 1. The van der Waals surface area contributed by atoms with E-state index >= 15 is 0 Å². The van der Waals surface area contributed by atoms with Crippen LogP contribution in [0.4, 0.5) is 0 Å². The Labute approximate surface area is 121 Å². The molecule has 3 heteroatoms. The van der Waals surface area contributed by atoms with Gasteiger partial charge in [0.05, 0.1) is 6.61 Å². The standard InChI is InChI=1S/C16H32O2Si/c1-8-10-11-12-13-14-15(17-9-2)18-19(6,7)16(3,4)5/h12-14H,8-11H2,1-7H3/b13-12+,15-14+. The van der Waals surface area contributed by atoms with Gasteiger partial charge in [-0.1, -0.05) is 52.7 Å². The summed E-state index contributed by atoms with van der Waals surface area (Å²) in [6.07, 6.45) is 9.77. The molecule has 0 fully saturated rings. The summed E-state index contributed by atoms with van der Waals surface area (Å²) in [4.78, 5) is 0. The van der Waals surface area contributed by atoms with Crippen molar-refractivity contribution >= 4 is 8.32 Å². The van der Waals surface area contributed by atoms with Gasteiger partial charge in [-0.05, 0) is 31.5 Å². The fraction of sp³-hybridized carbons (Fsp3) is 0.750. The maximum Gasteiger partial charge on any atom is 0.265 e. The van der Waals surface area contributed by atoms with Gasteiger partial charge in [-0.15, -0.1) is 0 Å². The molecule has 112 valence electrons. The van der Waals surface area contributed by atoms with Crippen molar-refractivity contribution < 1.29 is 9.16 Å². The predicted octanol–water partition coefficient (Wildman–Crippen LogP) is 5.63. The molecule has 0 bridgehead atoms. The third-order valence-corrected chi connectivity index (χ3v) is 7.87. The second kappa shape index (κ2) is 8.46. The van der Waals surface area contributed by atoms with E-state index in [1.165, 1.54) is 12.8 Å². The first-order valence-corrected chi connectivity index (χ1v) is 10.3. The molecule has 0 saturated carbocycles. The van der Waals surface area contributed by atoms with Crippen molar-refractivity contribution in [2.45, 2.75) is 72.0 Å². The van der Waals surface area contributed by atoms with E-state index in [0.29, 0.717) is 12.6 Å². The molecule has 0 aliphatic rings. The summed E-state index contributed by atoms with van der Waals surface area (Å²) >= 11 is 0. The largest absolute Gasteiger partial charge is 0.519 e.